The Labute approximate surface area is 225 Å². The molecule has 2 amide bonds. The average molecular weight is 534 g/mol. The highest BCUT2D eigenvalue weighted by Crippen LogP contribution is 2.59. The van der Waals surface area contributed by atoms with Crippen molar-refractivity contribution >= 4 is 17.8 Å². The van der Waals surface area contributed by atoms with E-state index in [1.807, 2.05) is 13.8 Å². The van der Waals surface area contributed by atoms with Gasteiger partial charge in [0.2, 0.25) is 11.8 Å². The lowest BCUT2D eigenvalue weighted by atomic mass is 9.70. The molecule has 4 rings (SSSR count). The molecule has 0 radical (unpaired) electrons. The van der Waals surface area contributed by atoms with Crippen molar-refractivity contribution in [2.45, 2.75) is 56.9 Å². The highest BCUT2D eigenvalue weighted by Gasteiger charge is 2.75. The molecule has 10 heteroatoms. The Morgan fingerprint density at radius 3 is 2.63 bits per heavy atom. The Bertz CT molecular complexity index is 905. The Morgan fingerprint density at radius 2 is 2.00 bits per heavy atom. The second-order valence-corrected chi connectivity index (χ2v) is 11.2. The van der Waals surface area contributed by atoms with Crippen LogP contribution in [-0.2, 0) is 28.6 Å². The van der Waals surface area contributed by atoms with Gasteiger partial charge in [-0.05, 0) is 25.2 Å². The van der Waals surface area contributed by atoms with Crippen LogP contribution in [0.15, 0.2) is 25.3 Å². The molecule has 4 heterocycles. The maximum atomic E-state index is 14.4. The van der Waals surface area contributed by atoms with Crippen LogP contribution >= 0.6 is 0 Å². The maximum Gasteiger partial charge on any atom is 0.312 e. The molecule has 2 unspecified atom stereocenters. The van der Waals surface area contributed by atoms with Crippen molar-refractivity contribution in [1.29, 1.82) is 0 Å². The summed E-state index contributed by atoms with van der Waals surface area (Å²) >= 11 is 0. The molecule has 10 nitrogen and oxygen atoms in total. The molecule has 4 aliphatic heterocycles. The maximum absolute atomic E-state index is 14.4. The molecule has 38 heavy (non-hydrogen) atoms. The average Bonchev–Trinajstić information content (AvgIpc) is 3.55. The summed E-state index contributed by atoms with van der Waals surface area (Å²) in [5, 5.41) is 10.4. The van der Waals surface area contributed by atoms with Crippen LogP contribution in [0.25, 0.3) is 0 Å². The second-order valence-electron chi connectivity index (χ2n) is 11.2. The number of fused-ring (bicyclic) bond motifs is 1. The number of hydrogen-bond donors (Lipinski definition) is 1. The van der Waals surface area contributed by atoms with Crippen molar-refractivity contribution in [2.75, 3.05) is 59.2 Å². The van der Waals surface area contributed by atoms with Crippen LogP contribution in [0.5, 0.6) is 0 Å². The largest absolute Gasteiger partial charge is 0.461 e. The molecule has 1 N–H and O–H groups in total. The molecule has 1 spiro atoms. The van der Waals surface area contributed by atoms with Gasteiger partial charge in [-0.1, -0.05) is 32.6 Å². The smallest absolute Gasteiger partial charge is 0.312 e. The summed E-state index contributed by atoms with van der Waals surface area (Å²) in [6.45, 7) is 15.7. The Kier molecular flexibility index (Phi) is 9.28. The lowest BCUT2D eigenvalue weighted by Gasteiger charge is -2.40. The summed E-state index contributed by atoms with van der Waals surface area (Å²) < 4.78 is 17.3. The number of nitrogens with zero attached hydrogens (tertiary/aromatic N) is 3. The minimum Gasteiger partial charge on any atom is -0.461 e. The fourth-order valence-corrected chi connectivity index (χ4v) is 6.80. The van der Waals surface area contributed by atoms with E-state index >= 15 is 0 Å². The Balaban J connectivity index is 1.67. The first kappa shape index (κ1) is 28.7. The van der Waals surface area contributed by atoms with E-state index in [2.05, 4.69) is 18.1 Å². The van der Waals surface area contributed by atoms with Crippen LogP contribution < -0.4 is 0 Å². The number of carbonyl (C=O) groups is 3. The molecule has 0 aromatic rings. The molecule has 4 aliphatic rings. The predicted molar refractivity (Wildman–Crippen MR) is 140 cm³/mol. The lowest BCUT2D eigenvalue weighted by molar-refractivity contribution is -0.156. The van der Waals surface area contributed by atoms with Gasteiger partial charge < -0.3 is 29.1 Å². The zero-order chi connectivity index (χ0) is 27.4. The number of likely N-dealkylation sites (tertiary alicyclic amines) is 1. The lowest BCUT2D eigenvalue weighted by Crippen LogP contribution is -2.59. The number of esters is 1. The number of aliphatic hydroxyl groups excluding tert-OH is 1. The van der Waals surface area contributed by atoms with Gasteiger partial charge in [-0.3, -0.25) is 19.3 Å². The van der Waals surface area contributed by atoms with E-state index in [9.17, 15) is 19.5 Å². The van der Waals surface area contributed by atoms with E-state index < -0.39 is 41.6 Å². The van der Waals surface area contributed by atoms with Gasteiger partial charge in [-0.15, -0.1) is 6.58 Å². The predicted octanol–water partition coefficient (Wildman–Crippen LogP) is 0.844. The van der Waals surface area contributed by atoms with Crippen LogP contribution in [0.4, 0.5) is 0 Å². The number of amides is 2. The standard InChI is InChI=1S/C28H43N3O7/c1-5-9-30(11-10-29-12-15-36-16-13-29)26(34)24-28-8-7-21(38-28)22(27(35)37-14-6-2)23(28)25(33)31(24)20(18-32)17-19(3)4/h5-6,19-24,32H,1-2,7-18H2,3-4H3/t20-,21-,22+,23+,24?,28?/m1/s1. The molecule has 4 fully saturated rings. The second kappa shape index (κ2) is 12.3. The number of ether oxygens (including phenoxy) is 3. The Morgan fingerprint density at radius 1 is 1.26 bits per heavy atom. The summed E-state index contributed by atoms with van der Waals surface area (Å²) in [4.78, 5) is 47.2. The monoisotopic (exact) mass is 533 g/mol. The molecule has 0 aromatic carbocycles. The van der Waals surface area contributed by atoms with Gasteiger partial charge in [0.25, 0.3) is 0 Å². The van der Waals surface area contributed by atoms with Gasteiger partial charge in [-0.2, -0.15) is 0 Å². The molecule has 6 atom stereocenters. The van der Waals surface area contributed by atoms with Crippen LogP contribution in [0.3, 0.4) is 0 Å². The summed E-state index contributed by atoms with van der Waals surface area (Å²) in [5.41, 5.74) is -1.13. The van der Waals surface area contributed by atoms with E-state index in [1.165, 1.54) is 6.08 Å². The molecular weight excluding hydrogens is 490 g/mol. The number of hydrogen-bond acceptors (Lipinski definition) is 8. The summed E-state index contributed by atoms with van der Waals surface area (Å²) in [6.07, 6.45) is 4.29. The van der Waals surface area contributed by atoms with E-state index in [1.54, 1.807) is 15.9 Å². The highest BCUT2D eigenvalue weighted by molar-refractivity contribution is 5.98. The normalized spacial score (nSPS) is 31.4. The quantitative estimate of drug-likeness (QED) is 0.274. The van der Waals surface area contributed by atoms with Gasteiger partial charge in [0.05, 0.1) is 43.8 Å². The van der Waals surface area contributed by atoms with Crippen molar-refractivity contribution in [3.63, 3.8) is 0 Å². The summed E-state index contributed by atoms with van der Waals surface area (Å²) in [6, 6.07) is -1.49. The first-order valence-electron chi connectivity index (χ1n) is 13.9. The van der Waals surface area contributed by atoms with E-state index in [-0.39, 0.29) is 30.9 Å². The van der Waals surface area contributed by atoms with Crippen molar-refractivity contribution in [1.82, 2.24) is 14.7 Å². The van der Waals surface area contributed by atoms with Crippen molar-refractivity contribution in [3.8, 4) is 0 Å². The van der Waals surface area contributed by atoms with Crippen LogP contribution in [0.1, 0.15) is 33.1 Å². The van der Waals surface area contributed by atoms with Gasteiger partial charge in [-0.25, -0.2) is 0 Å². The Hall–Kier alpha value is -2.27. The third-order valence-corrected chi connectivity index (χ3v) is 8.39. The zero-order valence-electron chi connectivity index (χ0n) is 22.8. The molecule has 0 aliphatic carbocycles. The summed E-state index contributed by atoms with van der Waals surface area (Å²) in [7, 11) is 0. The van der Waals surface area contributed by atoms with E-state index in [0.717, 1.165) is 13.1 Å². The van der Waals surface area contributed by atoms with Gasteiger partial charge in [0, 0.05) is 32.7 Å². The molecule has 4 saturated heterocycles. The molecule has 212 valence electrons. The molecule has 2 bridgehead atoms. The minimum atomic E-state index is -1.13. The third kappa shape index (κ3) is 5.28. The number of morpholine rings is 1. The first-order chi connectivity index (χ1) is 18.3. The molecule has 0 saturated carbocycles. The SMILES string of the molecule is C=CCOC(=O)[C@@H]1[C@H]2C(=O)N([C@@H](CO)CC(C)C)C(C(=O)N(CC=C)CCN3CCOCC3)C23CC[C@H]1O3. The number of aliphatic hydroxyl groups is 1. The van der Waals surface area contributed by atoms with Crippen molar-refractivity contribution < 1.29 is 33.7 Å². The van der Waals surface area contributed by atoms with Crippen LogP contribution in [-0.4, -0.2) is 121 Å². The molecule has 0 aromatic heterocycles. The van der Waals surface area contributed by atoms with Crippen LogP contribution in [0.2, 0.25) is 0 Å². The number of rotatable bonds is 13. The van der Waals surface area contributed by atoms with Crippen molar-refractivity contribution in [3.05, 3.63) is 25.3 Å². The fraction of sp³-hybridized carbons (Fsp3) is 0.750. The molecular formula is C28H43N3O7. The van der Waals surface area contributed by atoms with E-state index in [0.29, 0.717) is 52.1 Å². The van der Waals surface area contributed by atoms with Gasteiger partial charge >= 0.3 is 5.97 Å². The number of carbonyl (C=O) groups excluding carboxylic acids is 3. The fourth-order valence-electron chi connectivity index (χ4n) is 6.80. The van der Waals surface area contributed by atoms with Crippen LogP contribution in [0, 0.1) is 17.8 Å². The van der Waals surface area contributed by atoms with Crippen molar-refractivity contribution in [2.24, 2.45) is 17.8 Å². The zero-order valence-corrected chi connectivity index (χ0v) is 22.8. The topological polar surface area (TPSA) is 109 Å². The third-order valence-electron chi connectivity index (χ3n) is 8.39. The van der Waals surface area contributed by atoms with Gasteiger partial charge in [0.1, 0.15) is 18.2 Å². The minimum absolute atomic E-state index is 0.0449. The van der Waals surface area contributed by atoms with Gasteiger partial charge in [0.15, 0.2) is 0 Å². The highest BCUT2D eigenvalue weighted by atomic mass is 16.6. The summed E-state index contributed by atoms with van der Waals surface area (Å²) in [5.74, 6) is -2.45. The first-order valence-corrected chi connectivity index (χ1v) is 13.9. The van der Waals surface area contributed by atoms with E-state index in [4.69, 9.17) is 14.2 Å².